The van der Waals surface area contributed by atoms with Crippen LogP contribution in [-0.4, -0.2) is 22.3 Å². The van der Waals surface area contributed by atoms with Crippen molar-refractivity contribution in [3.05, 3.63) is 39.4 Å². The maximum Gasteiger partial charge on any atom is 0.263 e. The van der Waals surface area contributed by atoms with Gasteiger partial charge in [-0.15, -0.1) is 0 Å². The van der Waals surface area contributed by atoms with Crippen LogP contribution in [0.3, 0.4) is 0 Å². The van der Waals surface area contributed by atoms with Crippen LogP contribution >= 0.6 is 31.9 Å². The van der Waals surface area contributed by atoms with Gasteiger partial charge >= 0.3 is 0 Å². The normalized spacial score (nSPS) is 10.3. The van der Waals surface area contributed by atoms with Crippen molar-refractivity contribution < 1.29 is 9.53 Å². The van der Waals surface area contributed by atoms with E-state index in [-0.39, 0.29) is 12.5 Å². The molecular weight excluding hydrogens is 378 g/mol. The number of aryl methyl sites for hydroxylation is 1. The van der Waals surface area contributed by atoms with Crippen molar-refractivity contribution >= 4 is 43.6 Å². The van der Waals surface area contributed by atoms with Gasteiger partial charge in [0.15, 0.2) is 12.4 Å². The van der Waals surface area contributed by atoms with Crippen LogP contribution in [-0.2, 0) is 11.8 Å². The van der Waals surface area contributed by atoms with E-state index in [9.17, 15) is 4.79 Å². The van der Waals surface area contributed by atoms with Crippen molar-refractivity contribution in [2.24, 2.45) is 7.05 Å². The first-order valence-electron chi connectivity index (χ1n) is 5.42. The molecule has 7 heteroatoms. The number of carbonyl (C=O) groups excluding carboxylic acids is 1. The van der Waals surface area contributed by atoms with Crippen molar-refractivity contribution in [3.8, 4) is 5.75 Å². The molecule has 5 nitrogen and oxygen atoms in total. The lowest BCUT2D eigenvalue weighted by atomic mass is 10.3. The largest absolute Gasteiger partial charge is 0.483 e. The summed E-state index contributed by atoms with van der Waals surface area (Å²) in [7, 11) is 1.78. The quantitative estimate of drug-likeness (QED) is 0.875. The fourth-order valence-corrected chi connectivity index (χ4v) is 2.56. The second-order valence-electron chi connectivity index (χ2n) is 3.79. The van der Waals surface area contributed by atoms with Crippen LogP contribution in [0.15, 0.2) is 39.4 Å². The highest BCUT2D eigenvalue weighted by atomic mass is 79.9. The Morgan fingerprint density at radius 3 is 2.84 bits per heavy atom. The first kappa shape index (κ1) is 14.1. The summed E-state index contributed by atoms with van der Waals surface area (Å²) in [5.41, 5.74) is 0. The molecule has 0 atom stereocenters. The number of ether oxygens (including phenoxy) is 1. The number of benzene rings is 1. The van der Waals surface area contributed by atoms with Gasteiger partial charge in [-0.25, -0.2) is 0 Å². The van der Waals surface area contributed by atoms with Crippen molar-refractivity contribution in [2.75, 3.05) is 11.9 Å². The van der Waals surface area contributed by atoms with Crippen molar-refractivity contribution in [1.82, 2.24) is 9.78 Å². The smallest absolute Gasteiger partial charge is 0.263 e. The van der Waals surface area contributed by atoms with Gasteiger partial charge in [0, 0.05) is 23.8 Å². The molecule has 0 radical (unpaired) electrons. The van der Waals surface area contributed by atoms with Gasteiger partial charge in [0.25, 0.3) is 5.91 Å². The molecule has 2 aromatic rings. The zero-order valence-electron chi connectivity index (χ0n) is 10.1. The molecule has 0 aliphatic rings. The van der Waals surface area contributed by atoms with Gasteiger partial charge in [0.2, 0.25) is 0 Å². The van der Waals surface area contributed by atoms with Crippen LogP contribution in [0.5, 0.6) is 5.75 Å². The monoisotopic (exact) mass is 387 g/mol. The maximum atomic E-state index is 11.7. The van der Waals surface area contributed by atoms with E-state index in [1.807, 2.05) is 12.1 Å². The molecule has 1 aromatic heterocycles. The van der Waals surface area contributed by atoms with E-state index in [1.165, 1.54) is 0 Å². The fraction of sp³-hybridized carbons (Fsp3) is 0.167. The molecule has 0 spiro atoms. The number of halogens is 2. The first-order chi connectivity index (χ1) is 9.04. The molecule has 1 aromatic carbocycles. The minimum Gasteiger partial charge on any atom is -0.483 e. The average Bonchev–Trinajstić information content (AvgIpc) is 2.73. The molecule has 0 aliphatic carbocycles. The average molecular weight is 389 g/mol. The summed E-state index contributed by atoms with van der Waals surface area (Å²) in [5, 5.41) is 6.69. The SMILES string of the molecule is Cn1ccc(NC(=O)COc2ccc(Br)cc2Br)n1. The van der Waals surface area contributed by atoms with E-state index in [4.69, 9.17) is 4.74 Å². The number of carbonyl (C=O) groups is 1. The van der Waals surface area contributed by atoms with Crippen molar-refractivity contribution in [3.63, 3.8) is 0 Å². The minimum absolute atomic E-state index is 0.0726. The highest BCUT2D eigenvalue weighted by Crippen LogP contribution is 2.28. The molecular formula is C12H11Br2N3O2. The Morgan fingerprint density at radius 2 is 2.21 bits per heavy atom. The molecule has 19 heavy (non-hydrogen) atoms. The third-order valence-electron chi connectivity index (χ3n) is 2.23. The number of nitrogens with zero attached hydrogens (tertiary/aromatic N) is 2. The lowest BCUT2D eigenvalue weighted by Gasteiger charge is -2.08. The predicted octanol–water partition coefficient (Wildman–Crippen LogP) is 2.96. The Bertz CT molecular complexity index is 598. The van der Waals surface area contributed by atoms with E-state index < -0.39 is 0 Å². The van der Waals surface area contributed by atoms with Gasteiger partial charge in [0.05, 0.1) is 4.47 Å². The van der Waals surface area contributed by atoms with Crippen LogP contribution in [0.25, 0.3) is 0 Å². The van der Waals surface area contributed by atoms with Crippen LogP contribution in [0.2, 0.25) is 0 Å². The van der Waals surface area contributed by atoms with E-state index in [0.717, 1.165) is 8.95 Å². The van der Waals surface area contributed by atoms with Gasteiger partial charge in [-0.3, -0.25) is 9.48 Å². The summed E-state index contributed by atoms with van der Waals surface area (Å²) in [6.07, 6.45) is 1.75. The summed E-state index contributed by atoms with van der Waals surface area (Å²) < 4.78 is 8.75. The molecule has 2 rings (SSSR count). The number of anilines is 1. The molecule has 0 aliphatic heterocycles. The van der Waals surface area contributed by atoms with Crippen molar-refractivity contribution in [1.29, 1.82) is 0 Å². The Hall–Kier alpha value is -1.34. The molecule has 1 heterocycles. The topological polar surface area (TPSA) is 56.2 Å². The van der Waals surface area contributed by atoms with E-state index in [2.05, 4.69) is 42.3 Å². The van der Waals surface area contributed by atoms with Gasteiger partial charge in [-0.2, -0.15) is 5.10 Å². The summed E-state index contributed by atoms with van der Waals surface area (Å²) in [4.78, 5) is 11.7. The van der Waals surface area contributed by atoms with Crippen LogP contribution in [0, 0.1) is 0 Å². The number of rotatable bonds is 4. The number of hydrogen-bond acceptors (Lipinski definition) is 3. The van der Waals surface area contributed by atoms with E-state index in [0.29, 0.717) is 11.6 Å². The zero-order chi connectivity index (χ0) is 13.8. The number of aromatic nitrogens is 2. The zero-order valence-corrected chi connectivity index (χ0v) is 13.2. The number of hydrogen-bond donors (Lipinski definition) is 1. The lowest BCUT2D eigenvalue weighted by Crippen LogP contribution is -2.20. The van der Waals surface area contributed by atoms with Crippen LogP contribution in [0.1, 0.15) is 0 Å². The predicted molar refractivity (Wildman–Crippen MR) is 79.2 cm³/mol. The Balaban J connectivity index is 1.89. The molecule has 0 bridgehead atoms. The Kier molecular flexibility index (Phi) is 4.60. The number of nitrogens with one attached hydrogen (secondary N) is 1. The third-order valence-corrected chi connectivity index (χ3v) is 3.35. The van der Waals surface area contributed by atoms with Crippen molar-refractivity contribution in [2.45, 2.75) is 0 Å². The summed E-state index contributed by atoms with van der Waals surface area (Å²) in [6.45, 7) is -0.0726. The summed E-state index contributed by atoms with van der Waals surface area (Å²) in [5.74, 6) is 0.860. The highest BCUT2D eigenvalue weighted by Gasteiger charge is 2.07. The summed E-state index contributed by atoms with van der Waals surface area (Å²) >= 11 is 6.71. The second-order valence-corrected chi connectivity index (χ2v) is 5.56. The highest BCUT2D eigenvalue weighted by molar-refractivity contribution is 9.11. The maximum absolute atomic E-state index is 11.7. The lowest BCUT2D eigenvalue weighted by molar-refractivity contribution is -0.118. The Morgan fingerprint density at radius 1 is 1.42 bits per heavy atom. The van der Waals surface area contributed by atoms with Gasteiger partial charge in [-0.05, 0) is 34.1 Å². The van der Waals surface area contributed by atoms with Gasteiger partial charge in [-0.1, -0.05) is 15.9 Å². The molecule has 0 saturated carbocycles. The standard InChI is InChI=1S/C12H11Br2N3O2/c1-17-5-4-11(16-17)15-12(18)7-19-10-3-2-8(13)6-9(10)14/h2-6H,7H2,1H3,(H,15,16,18). The molecule has 0 saturated heterocycles. The Labute approximate surface area is 127 Å². The molecule has 0 unspecified atom stereocenters. The molecule has 100 valence electrons. The van der Waals surface area contributed by atoms with Gasteiger partial charge < -0.3 is 10.1 Å². The summed E-state index contributed by atoms with van der Waals surface area (Å²) in [6, 6.07) is 7.19. The third kappa shape index (κ3) is 4.07. The van der Waals surface area contributed by atoms with Crippen LogP contribution < -0.4 is 10.1 Å². The first-order valence-corrected chi connectivity index (χ1v) is 7.00. The van der Waals surface area contributed by atoms with Gasteiger partial charge in [0.1, 0.15) is 5.75 Å². The second kappa shape index (κ2) is 6.21. The van der Waals surface area contributed by atoms with E-state index in [1.54, 1.807) is 30.1 Å². The molecule has 1 amide bonds. The minimum atomic E-state index is -0.256. The molecule has 1 N–H and O–H groups in total. The fourth-order valence-electron chi connectivity index (χ4n) is 1.40. The molecule has 0 fully saturated rings. The number of amides is 1. The van der Waals surface area contributed by atoms with Crippen LogP contribution in [0.4, 0.5) is 5.82 Å². The van der Waals surface area contributed by atoms with E-state index >= 15 is 0 Å².